The lowest BCUT2D eigenvalue weighted by Gasteiger charge is -2.07. The van der Waals surface area contributed by atoms with Crippen LogP contribution < -0.4 is 0 Å². The lowest BCUT2D eigenvalue weighted by molar-refractivity contribution is -0.384. The summed E-state index contributed by atoms with van der Waals surface area (Å²) in [6.45, 7) is 0. The van der Waals surface area contributed by atoms with Gasteiger partial charge in [-0.05, 0) is 30.3 Å². The molecule has 0 aromatic heterocycles. The molecule has 2 rings (SSSR count). The van der Waals surface area contributed by atoms with Gasteiger partial charge in [0.25, 0.3) is 5.69 Å². The van der Waals surface area contributed by atoms with Crippen LogP contribution in [0.5, 0.6) is 0 Å². The molecule has 0 saturated heterocycles. The van der Waals surface area contributed by atoms with Gasteiger partial charge in [-0.15, -0.1) is 0 Å². The number of hydrogen-bond acceptors (Lipinski definition) is 5. The standard InChI is InChI=1S/C14H9NO6S/c16-13(17)8-1-6-12(11(7-8)14(18)19)22-10-4-2-9(3-5-10)15(20)21/h1-7H,(H,16,17)(H,18,19). The predicted molar refractivity (Wildman–Crippen MR) is 77.6 cm³/mol. The SMILES string of the molecule is O=C(O)c1ccc(Sc2ccc([N+](=O)[O-])cc2)c(C(=O)O)c1. The van der Waals surface area contributed by atoms with Gasteiger partial charge in [0, 0.05) is 21.9 Å². The van der Waals surface area contributed by atoms with Crippen molar-refractivity contribution in [3.8, 4) is 0 Å². The Kier molecular flexibility index (Phi) is 4.42. The summed E-state index contributed by atoms with van der Waals surface area (Å²) in [6, 6.07) is 9.42. The van der Waals surface area contributed by atoms with Crippen LogP contribution in [0.1, 0.15) is 20.7 Å². The van der Waals surface area contributed by atoms with Crippen LogP contribution in [0.2, 0.25) is 0 Å². The van der Waals surface area contributed by atoms with E-state index in [0.717, 1.165) is 17.8 Å². The number of hydrogen-bond donors (Lipinski definition) is 2. The summed E-state index contributed by atoms with van der Waals surface area (Å²) in [5, 5.41) is 28.6. The van der Waals surface area contributed by atoms with Gasteiger partial charge in [0.15, 0.2) is 0 Å². The van der Waals surface area contributed by atoms with Crippen LogP contribution in [0.3, 0.4) is 0 Å². The highest BCUT2D eigenvalue weighted by Crippen LogP contribution is 2.32. The molecule has 0 amide bonds. The molecular weight excluding hydrogens is 310 g/mol. The second-order valence-electron chi connectivity index (χ2n) is 4.17. The third-order valence-corrected chi connectivity index (χ3v) is 3.82. The van der Waals surface area contributed by atoms with Crippen LogP contribution in [-0.4, -0.2) is 27.1 Å². The average molecular weight is 319 g/mol. The van der Waals surface area contributed by atoms with E-state index in [-0.39, 0.29) is 16.8 Å². The summed E-state index contributed by atoms with van der Waals surface area (Å²) in [5.74, 6) is -2.46. The largest absolute Gasteiger partial charge is 0.478 e. The Bertz CT molecular complexity index is 756. The Hall–Kier alpha value is -2.87. The summed E-state index contributed by atoms with van der Waals surface area (Å²) in [4.78, 5) is 33.1. The van der Waals surface area contributed by atoms with Gasteiger partial charge in [0.05, 0.1) is 16.1 Å². The Morgan fingerprint density at radius 1 is 1.00 bits per heavy atom. The van der Waals surface area contributed by atoms with E-state index in [9.17, 15) is 24.8 Å². The monoisotopic (exact) mass is 319 g/mol. The number of carboxylic acid groups (broad SMARTS) is 2. The molecule has 7 nitrogen and oxygen atoms in total. The molecule has 0 spiro atoms. The van der Waals surface area contributed by atoms with Crippen molar-refractivity contribution in [2.24, 2.45) is 0 Å². The molecule has 2 aromatic carbocycles. The molecule has 0 radical (unpaired) electrons. The molecule has 0 unspecified atom stereocenters. The lowest BCUT2D eigenvalue weighted by Crippen LogP contribution is -2.03. The molecule has 2 N–H and O–H groups in total. The molecule has 0 saturated carbocycles. The van der Waals surface area contributed by atoms with Gasteiger partial charge >= 0.3 is 11.9 Å². The summed E-state index contributed by atoms with van der Waals surface area (Å²) in [6.07, 6.45) is 0. The molecule has 2 aromatic rings. The van der Waals surface area contributed by atoms with E-state index >= 15 is 0 Å². The molecule has 112 valence electrons. The fraction of sp³-hybridized carbons (Fsp3) is 0. The van der Waals surface area contributed by atoms with Crippen molar-refractivity contribution in [3.63, 3.8) is 0 Å². The zero-order valence-electron chi connectivity index (χ0n) is 10.9. The Morgan fingerprint density at radius 2 is 1.64 bits per heavy atom. The van der Waals surface area contributed by atoms with Crippen molar-refractivity contribution in [1.29, 1.82) is 0 Å². The maximum absolute atomic E-state index is 11.2. The highest BCUT2D eigenvalue weighted by Gasteiger charge is 2.15. The smallest absolute Gasteiger partial charge is 0.336 e. The minimum atomic E-state index is -1.24. The number of nitrogens with zero attached hydrogens (tertiary/aromatic N) is 1. The van der Waals surface area contributed by atoms with E-state index in [1.165, 1.54) is 36.4 Å². The van der Waals surface area contributed by atoms with Gasteiger partial charge in [0.2, 0.25) is 0 Å². The first-order valence-corrected chi connectivity index (χ1v) is 6.73. The van der Waals surface area contributed by atoms with Gasteiger partial charge in [-0.3, -0.25) is 10.1 Å². The minimum Gasteiger partial charge on any atom is -0.478 e. The van der Waals surface area contributed by atoms with Crippen LogP contribution in [0.4, 0.5) is 5.69 Å². The number of carboxylic acids is 2. The predicted octanol–water partition coefficient (Wildman–Crippen LogP) is 3.14. The number of non-ortho nitro benzene ring substituents is 1. The lowest BCUT2D eigenvalue weighted by atomic mass is 10.1. The van der Waals surface area contributed by atoms with Crippen molar-refractivity contribution >= 4 is 29.4 Å². The fourth-order valence-corrected chi connectivity index (χ4v) is 2.60. The number of rotatable bonds is 5. The van der Waals surface area contributed by atoms with E-state index in [0.29, 0.717) is 9.79 Å². The summed E-state index contributed by atoms with van der Waals surface area (Å²) in [5.41, 5.74) is -0.322. The van der Waals surface area contributed by atoms with Crippen molar-refractivity contribution < 1.29 is 24.7 Å². The Labute approximate surface area is 128 Å². The van der Waals surface area contributed by atoms with Gasteiger partial charge in [-0.25, -0.2) is 9.59 Å². The molecule has 0 aliphatic heterocycles. The quantitative estimate of drug-likeness (QED) is 0.642. The van der Waals surface area contributed by atoms with Crippen molar-refractivity contribution in [2.75, 3.05) is 0 Å². The van der Waals surface area contributed by atoms with Crippen molar-refractivity contribution in [1.82, 2.24) is 0 Å². The van der Waals surface area contributed by atoms with Gasteiger partial charge in [-0.1, -0.05) is 11.8 Å². The normalized spacial score (nSPS) is 10.2. The van der Waals surface area contributed by atoms with E-state index in [2.05, 4.69) is 0 Å². The van der Waals surface area contributed by atoms with E-state index < -0.39 is 16.9 Å². The molecule has 8 heteroatoms. The number of aromatic carboxylic acids is 2. The first kappa shape index (κ1) is 15.5. The van der Waals surface area contributed by atoms with Gasteiger partial charge in [-0.2, -0.15) is 0 Å². The summed E-state index contributed by atoms with van der Waals surface area (Å²) in [7, 11) is 0. The molecule has 0 heterocycles. The molecule has 0 atom stereocenters. The van der Waals surface area contributed by atoms with Crippen LogP contribution in [0.25, 0.3) is 0 Å². The second kappa shape index (κ2) is 6.27. The molecule has 0 fully saturated rings. The number of nitro groups is 1. The molecular formula is C14H9NO6S. The number of carbonyl (C=O) groups is 2. The van der Waals surface area contributed by atoms with Crippen LogP contribution in [0, 0.1) is 10.1 Å². The average Bonchev–Trinajstić information content (AvgIpc) is 2.47. The third-order valence-electron chi connectivity index (χ3n) is 2.73. The first-order chi connectivity index (χ1) is 10.4. The zero-order chi connectivity index (χ0) is 16.3. The second-order valence-corrected chi connectivity index (χ2v) is 5.29. The highest BCUT2D eigenvalue weighted by atomic mass is 32.2. The summed E-state index contributed by atoms with van der Waals surface area (Å²) >= 11 is 1.09. The molecule has 0 bridgehead atoms. The van der Waals surface area contributed by atoms with Crippen LogP contribution >= 0.6 is 11.8 Å². The fourth-order valence-electron chi connectivity index (χ4n) is 1.68. The molecule has 0 aliphatic carbocycles. The zero-order valence-corrected chi connectivity index (χ0v) is 11.7. The molecule has 22 heavy (non-hydrogen) atoms. The topological polar surface area (TPSA) is 118 Å². The first-order valence-electron chi connectivity index (χ1n) is 5.91. The highest BCUT2D eigenvalue weighted by molar-refractivity contribution is 7.99. The van der Waals surface area contributed by atoms with Crippen LogP contribution in [0.15, 0.2) is 52.3 Å². The van der Waals surface area contributed by atoms with Crippen molar-refractivity contribution in [3.05, 3.63) is 63.7 Å². The van der Waals surface area contributed by atoms with Gasteiger partial charge < -0.3 is 10.2 Å². The number of nitro benzene ring substituents is 1. The Morgan fingerprint density at radius 3 is 2.14 bits per heavy atom. The Balaban J connectivity index is 2.34. The minimum absolute atomic E-state index is 0.0657. The summed E-state index contributed by atoms with van der Waals surface area (Å²) < 4.78 is 0. The van der Waals surface area contributed by atoms with E-state index in [1.807, 2.05) is 0 Å². The number of benzene rings is 2. The third kappa shape index (κ3) is 3.41. The van der Waals surface area contributed by atoms with Crippen molar-refractivity contribution in [2.45, 2.75) is 9.79 Å². The molecule has 0 aliphatic rings. The van der Waals surface area contributed by atoms with Gasteiger partial charge in [0.1, 0.15) is 0 Å². The maximum Gasteiger partial charge on any atom is 0.336 e. The van der Waals surface area contributed by atoms with E-state index in [1.54, 1.807) is 0 Å². The maximum atomic E-state index is 11.2. The van der Waals surface area contributed by atoms with Crippen LogP contribution in [-0.2, 0) is 0 Å². The van der Waals surface area contributed by atoms with E-state index in [4.69, 9.17) is 5.11 Å².